The molecule has 2 atom stereocenters. The summed E-state index contributed by atoms with van der Waals surface area (Å²) < 4.78 is 0. The molecule has 2 N–H and O–H groups in total. The standard InChI is InChI=1S/C26H29Cl2N3O4/c1-30(24(33)14-16-7-9-19(27)20(28)13-16)26-18-5-4-6-21(29-23(32)15-25(34)35)17(18)8-10-22(26)31-11-2-3-12-31/h4-7,9,13,22,26H,2-3,8,10-12,14-15H2,1H3,(H,29,32)(H,34,35). The van der Waals surface area contributed by atoms with Gasteiger partial charge in [-0.25, -0.2) is 0 Å². The molecule has 0 spiro atoms. The number of benzene rings is 2. The van der Waals surface area contributed by atoms with Gasteiger partial charge < -0.3 is 15.3 Å². The number of fused-ring (bicyclic) bond motifs is 1. The van der Waals surface area contributed by atoms with Gasteiger partial charge in [0, 0.05) is 18.8 Å². The Bertz CT molecular complexity index is 1130. The van der Waals surface area contributed by atoms with Crippen molar-refractivity contribution in [1.82, 2.24) is 9.80 Å². The highest BCUT2D eigenvalue weighted by atomic mass is 35.5. The molecule has 1 aliphatic carbocycles. The number of rotatable bonds is 7. The Balaban J connectivity index is 1.64. The molecule has 186 valence electrons. The Labute approximate surface area is 215 Å². The molecule has 0 radical (unpaired) electrons. The third-order valence-corrected chi connectivity index (χ3v) is 7.67. The van der Waals surface area contributed by atoms with Crippen molar-refractivity contribution in [3.05, 3.63) is 63.1 Å². The second-order valence-electron chi connectivity index (χ2n) is 9.22. The van der Waals surface area contributed by atoms with Gasteiger partial charge in [-0.1, -0.05) is 41.4 Å². The molecule has 1 aliphatic heterocycles. The zero-order valence-corrected chi connectivity index (χ0v) is 21.1. The molecular formula is C26H29Cl2N3O4. The maximum atomic E-state index is 13.5. The van der Waals surface area contributed by atoms with Gasteiger partial charge in [0.2, 0.25) is 11.8 Å². The molecule has 7 nitrogen and oxygen atoms in total. The summed E-state index contributed by atoms with van der Waals surface area (Å²) in [4.78, 5) is 40.9. The van der Waals surface area contributed by atoms with E-state index in [0.717, 1.165) is 55.5 Å². The van der Waals surface area contributed by atoms with E-state index in [1.807, 2.05) is 30.1 Å². The molecule has 35 heavy (non-hydrogen) atoms. The molecule has 2 amide bonds. The summed E-state index contributed by atoms with van der Waals surface area (Å²) in [5.74, 6) is -1.77. The quantitative estimate of drug-likeness (QED) is 0.525. The van der Waals surface area contributed by atoms with E-state index in [4.69, 9.17) is 28.3 Å². The van der Waals surface area contributed by atoms with E-state index in [-0.39, 0.29) is 24.4 Å². The van der Waals surface area contributed by atoms with Crippen LogP contribution in [0, 0.1) is 0 Å². The second kappa shape index (κ2) is 11.0. The number of aliphatic carboxylic acids is 1. The highest BCUT2D eigenvalue weighted by Crippen LogP contribution is 2.41. The van der Waals surface area contributed by atoms with Crippen LogP contribution in [-0.4, -0.2) is 58.9 Å². The fraction of sp³-hybridized carbons (Fsp3) is 0.423. The Kier molecular flexibility index (Phi) is 7.99. The van der Waals surface area contributed by atoms with Gasteiger partial charge in [0.15, 0.2) is 0 Å². The zero-order chi connectivity index (χ0) is 25.1. The number of likely N-dealkylation sites (tertiary alicyclic amines) is 1. The van der Waals surface area contributed by atoms with Gasteiger partial charge in [-0.3, -0.25) is 19.3 Å². The predicted molar refractivity (Wildman–Crippen MR) is 136 cm³/mol. The van der Waals surface area contributed by atoms with Crippen molar-refractivity contribution in [2.24, 2.45) is 0 Å². The summed E-state index contributed by atoms with van der Waals surface area (Å²) in [6.45, 7) is 2.00. The molecule has 2 aromatic rings. The van der Waals surface area contributed by atoms with Crippen molar-refractivity contribution in [2.45, 2.75) is 50.6 Å². The number of nitrogens with zero attached hydrogens (tertiary/aromatic N) is 2. The molecular weight excluding hydrogens is 489 g/mol. The third-order valence-electron chi connectivity index (χ3n) is 6.93. The molecule has 0 saturated carbocycles. The van der Waals surface area contributed by atoms with E-state index in [1.165, 1.54) is 0 Å². The Hall–Kier alpha value is -2.61. The van der Waals surface area contributed by atoms with E-state index in [2.05, 4.69) is 10.2 Å². The van der Waals surface area contributed by atoms with Crippen molar-refractivity contribution >= 4 is 46.7 Å². The van der Waals surface area contributed by atoms with Crippen LogP contribution in [0.1, 0.15) is 48.4 Å². The lowest BCUT2D eigenvalue weighted by atomic mass is 9.81. The van der Waals surface area contributed by atoms with E-state index in [9.17, 15) is 14.4 Å². The van der Waals surface area contributed by atoms with Crippen molar-refractivity contribution in [3.8, 4) is 0 Å². The number of anilines is 1. The predicted octanol–water partition coefficient (Wildman–Crippen LogP) is 4.56. The Morgan fingerprint density at radius 3 is 2.54 bits per heavy atom. The number of carbonyl (C=O) groups excluding carboxylic acids is 2. The monoisotopic (exact) mass is 517 g/mol. The fourth-order valence-corrected chi connectivity index (χ4v) is 5.61. The number of halogens is 2. The lowest BCUT2D eigenvalue weighted by Gasteiger charge is -2.44. The van der Waals surface area contributed by atoms with Crippen molar-refractivity contribution in [1.29, 1.82) is 0 Å². The highest BCUT2D eigenvalue weighted by Gasteiger charge is 2.39. The normalized spacial score (nSPS) is 19.7. The summed E-state index contributed by atoms with van der Waals surface area (Å²) in [5, 5.41) is 12.6. The maximum Gasteiger partial charge on any atom is 0.312 e. The average molecular weight is 518 g/mol. The van der Waals surface area contributed by atoms with Crippen molar-refractivity contribution < 1.29 is 19.5 Å². The van der Waals surface area contributed by atoms with Crippen LogP contribution in [0.15, 0.2) is 36.4 Å². The van der Waals surface area contributed by atoms with Crippen molar-refractivity contribution in [2.75, 3.05) is 25.5 Å². The SMILES string of the molecule is CN(C(=O)Cc1ccc(Cl)c(Cl)c1)C1c2cccc(NC(=O)CC(=O)O)c2CCC1N1CCCC1. The van der Waals surface area contributed by atoms with E-state index in [1.54, 1.807) is 18.2 Å². The van der Waals surface area contributed by atoms with Gasteiger partial charge in [0.25, 0.3) is 0 Å². The number of amides is 2. The van der Waals surface area contributed by atoms with Gasteiger partial charge in [-0.2, -0.15) is 0 Å². The molecule has 1 fully saturated rings. The van der Waals surface area contributed by atoms with Crippen LogP contribution in [0.25, 0.3) is 0 Å². The minimum Gasteiger partial charge on any atom is -0.481 e. The van der Waals surface area contributed by atoms with Crippen LogP contribution in [-0.2, 0) is 27.2 Å². The molecule has 9 heteroatoms. The van der Waals surface area contributed by atoms with Gasteiger partial charge in [0.1, 0.15) is 6.42 Å². The first-order valence-corrected chi connectivity index (χ1v) is 12.6. The zero-order valence-electron chi connectivity index (χ0n) is 19.6. The van der Waals surface area contributed by atoms with Crippen LogP contribution < -0.4 is 5.32 Å². The molecule has 2 unspecified atom stereocenters. The topological polar surface area (TPSA) is 90.0 Å². The molecule has 2 aromatic carbocycles. The lowest BCUT2D eigenvalue weighted by molar-refractivity contribution is -0.139. The average Bonchev–Trinajstić information content (AvgIpc) is 3.34. The van der Waals surface area contributed by atoms with Crippen LogP contribution >= 0.6 is 23.2 Å². The third kappa shape index (κ3) is 5.80. The van der Waals surface area contributed by atoms with Crippen LogP contribution in [0.4, 0.5) is 5.69 Å². The number of carboxylic acid groups (broad SMARTS) is 1. The summed E-state index contributed by atoms with van der Waals surface area (Å²) in [5.41, 5.74) is 3.36. The van der Waals surface area contributed by atoms with Gasteiger partial charge in [-0.15, -0.1) is 0 Å². The number of carboxylic acids is 1. The molecule has 0 bridgehead atoms. The summed E-state index contributed by atoms with van der Waals surface area (Å²) in [7, 11) is 1.83. The van der Waals surface area contributed by atoms with Gasteiger partial charge in [-0.05, 0) is 73.7 Å². The first-order valence-electron chi connectivity index (χ1n) is 11.8. The molecule has 2 aliphatic rings. The molecule has 4 rings (SSSR count). The molecule has 1 saturated heterocycles. The van der Waals surface area contributed by atoms with Gasteiger partial charge in [0.05, 0.1) is 22.5 Å². The molecule has 1 heterocycles. The highest BCUT2D eigenvalue weighted by molar-refractivity contribution is 6.42. The molecule has 0 aromatic heterocycles. The first kappa shape index (κ1) is 25.5. The van der Waals surface area contributed by atoms with Crippen molar-refractivity contribution in [3.63, 3.8) is 0 Å². The van der Waals surface area contributed by atoms with Gasteiger partial charge >= 0.3 is 5.97 Å². The summed E-state index contributed by atoms with van der Waals surface area (Å²) in [6.07, 6.45) is 3.47. The fourth-order valence-electron chi connectivity index (χ4n) is 5.29. The van der Waals surface area contributed by atoms with Crippen LogP contribution in [0.2, 0.25) is 10.0 Å². The smallest absolute Gasteiger partial charge is 0.312 e. The minimum absolute atomic E-state index is 0.0363. The number of likely N-dealkylation sites (N-methyl/N-ethyl adjacent to an activating group) is 1. The first-order chi connectivity index (χ1) is 16.7. The lowest BCUT2D eigenvalue weighted by Crippen LogP contribution is -2.48. The van der Waals surface area contributed by atoms with E-state index >= 15 is 0 Å². The Morgan fingerprint density at radius 1 is 1.11 bits per heavy atom. The number of carbonyl (C=O) groups is 3. The van der Waals surface area contributed by atoms with E-state index < -0.39 is 18.3 Å². The number of hydrogen-bond donors (Lipinski definition) is 2. The number of nitrogens with one attached hydrogen (secondary N) is 1. The second-order valence-corrected chi connectivity index (χ2v) is 10.0. The van der Waals surface area contributed by atoms with Crippen LogP contribution in [0.3, 0.4) is 0 Å². The largest absolute Gasteiger partial charge is 0.481 e. The summed E-state index contributed by atoms with van der Waals surface area (Å²) in [6, 6.07) is 10.9. The Morgan fingerprint density at radius 2 is 1.86 bits per heavy atom. The number of hydrogen-bond acceptors (Lipinski definition) is 4. The summed E-state index contributed by atoms with van der Waals surface area (Å²) >= 11 is 12.2. The van der Waals surface area contributed by atoms with Crippen LogP contribution in [0.5, 0.6) is 0 Å². The maximum absolute atomic E-state index is 13.5. The van der Waals surface area contributed by atoms with E-state index in [0.29, 0.717) is 15.7 Å². The minimum atomic E-state index is -1.17.